The highest BCUT2D eigenvalue weighted by atomic mass is 14.9. The lowest BCUT2D eigenvalue weighted by Crippen LogP contribution is -2.20. The molecule has 1 heteroatoms. The Labute approximate surface area is 92.9 Å². The molecule has 0 aliphatic carbocycles. The summed E-state index contributed by atoms with van der Waals surface area (Å²) in [6, 6.07) is 7.50. The maximum Gasteiger partial charge on any atom is 0.0320 e. The fourth-order valence-corrected chi connectivity index (χ4v) is 2.52. The van der Waals surface area contributed by atoms with E-state index in [2.05, 4.69) is 37.4 Å². The van der Waals surface area contributed by atoms with Gasteiger partial charge in [0.1, 0.15) is 0 Å². The molecule has 1 aliphatic heterocycles. The van der Waals surface area contributed by atoms with E-state index >= 15 is 0 Å². The van der Waals surface area contributed by atoms with Gasteiger partial charge in [0.15, 0.2) is 0 Å². The molecule has 82 valence electrons. The molecule has 1 fully saturated rings. The summed E-state index contributed by atoms with van der Waals surface area (Å²) in [5.74, 6) is 0. The van der Waals surface area contributed by atoms with Crippen LogP contribution in [0.4, 0.5) is 0 Å². The minimum Gasteiger partial charge on any atom is -0.310 e. The molecule has 0 saturated carbocycles. The first-order chi connectivity index (χ1) is 7.25. The van der Waals surface area contributed by atoms with Gasteiger partial charge in [-0.2, -0.15) is 0 Å². The molecule has 0 bridgehead atoms. The van der Waals surface area contributed by atoms with Crippen LogP contribution < -0.4 is 5.32 Å². The SMILES string of the molecule is Cc1cc(C)cc(C2CCCCCN2)c1. The first-order valence-corrected chi connectivity index (χ1v) is 6.07. The van der Waals surface area contributed by atoms with Gasteiger partial charge in [0.05, 0.1) is 0 Å². The third-order valence-corrected chi connectivity index (χ3v) is 3.21. The van der Waals surface area contributed by atoms with Gasteiger partial charge in [-0.15, -0.1) is 0 Å². The summed E-state index contributed by atoms with van der Waals surface area (Å²) in [6.07, 6.45) is 5.38. The number of aryl methyl sites for hydroxylation is 2. The van der Waals surface area contributed by atoms with Gasteiger partial charge < -0.3 is 5.32 Å². The number of hydrogen-bond acceptors (Lipinski definition) is 1. The van der Waals surface area contributed by atoms with E-state index in [9.17, 15) is 0 Å². The number of nitrogens with one attached hydrogen (secondary N) is 1. The summed E-state index contributed by atoms with van der Waals surface area (Å²) < 4.78 is 0. The third kappa shape index (κ3) is 2.82. The average molecular weight is 203 g/mol. The minimum absolute atomic E-state index is 0.589. The summed E-state index contributed by atoms with van der Waals surface area (Å²) >= 11 is 0. The predicted molar refractivity (Wildman–Crippen MR) is 65.1 cm³/mol. The third-order valence-electron chi connectivity index (χ3n) is 3.21. The fraction of sp³-hybridized carbons (Fsp3) is 0.571. The van der Waals surface area contributed by atoms with Crippen LogP contribution in [0.1, 0.15) is 48.4 Å². The van der Waals surface area contributed by atoms with E-state index in [-0.39, 0.29) is 0 Å². The molecule has 1 aromatic carbocycles. The summed E-state index contributed by atoms with van der Waals surface area (Å²) in [5.41, 5.74) is 4.25. The molecule has 1 saturated heterocycles. The zero-order valence-electron chi connectivity index (χ0n) is 9.84. The van der Waals surface area contributed by atoms with Gasteiger partial charge in [-0.25, -0.2) is 0 Å². The van der Waals surface area contributed by atoms with E-state index in [1.54, 1.807) is 0 Å². The molecule has 0 aromatic heterocycles. The quantitative estimate of drug-likeness (QED) is 0.736. The summed E-state index contributed by atoms with van der Waals surface area (Å²) in [4.78, 5) is 0. The van der Waals surface area contributed by atoms with Gasteiger partial charge in [0, 0.05) is 6.04 Å². The second-order valence-corrected chi connectivity index (χ2v) is 4.78. The molecule has 1 heterocycles. The Morgan fingerprint density at radius 2 is 1.73 bits per heavy atom. The Bertz CT molecular complexity index is 302. The number of benzene rings is 1. The lowest BCUT2D eigenvalue weighted by molar-refractivity contribution is 0.534. The molecule has 1 aliphatic rings. The van der Waals surface area contributed by atoms with Crippen LogP contribution in [0.25, 0.3) is 0 Å². The second kappa shape index (κ2) is 4.80. The molecule has 1 aromatic rings. The standard InChI is InChI=1S/C14H21N/c1-11-8-12(2)10-13(9-11)14-6-4-3-5-7-15-14/h8-10,14-15H,3-7H2,1-2H3. The molecule has 0 radical (unpaired) electrons. The fourth-order valence-electron chi connectivity index (χ4n) is 2.52. The van der Waals surface area contributed by atoms with Crippen LogP contribution >= 0.6 is 0 Å². The van der Waals surface area contributed by atoms with Gasteiger partial charge in [-0.1, -0.05) is 42.2 Å². The average Bonchev–Trinajstić information content (AvgIpc) is 2.43. The van der Waals surface area contributed by atoms with Crippen molar-refractivity contribution in [2.75, 3.05) is 6.54 Å². The molecule has 15 heavy (non-hydrogen) atoms. The van der Waals surface area contributed by atoms with Crippen LogP contribution in [0.15, 0.2) is 18.2 Å². The summed E-state index contributed by atoms with van der Waals surface area (Å²) in [5, 5.41) is 3.65. The largest absolute Gasteiger partial charge is 0.310 e. The summed E-state index contributed by atoms with van der Waals surface area (Å²) in [7, 11) is 0. The molecule has 2 rings (SSSR count). The zero-order valence-corrected chi connectivity index (χ0v) is 9.84. The van der Waals surface area contributed by atoms with Crippen LogP contribution in [0.3, 0.4) is 0 Å². The normalized spacial score (nSPS) is 22.4. The van der Waals surface area contributed by atoms with Crippen molar-refractivity contribution < 1.29 is 0 Å². The van der Waals surface area contributed by atoms with E-state index in [1.807, 2.05) is 0 Å². The number of rotatable bonds is 1. The molecular formula is C14H21N. The highest BCUT2D eigenvalue weighted by Gasteiger charge is 2.13. The molecule has 1 unspecified atom stereocenters. The van der Waals surface area contributed by atoms with Crippen molar-refractivity contribution in [2.24, 2.45) is 0 Å². The molecule has 1 N–H and O–H groups in total. The zero-order chi connectivity index (χ0) is 10.7. The van der Waals surface area contributed by atoms with Gasteiger partial charge >= 0.3 is 0 Å². The van der Waals surface area contributed by atoms with Gasteiger partial charge in [-0.3, -0.25) is 0 Å². The highest BCUT2D eigenvalue weighted by molar-refractivity contribution is 5.30. The van der Waals surface area contributed by atoms with Gasteiger partial charge in [0.2, 0.25) is 0 Å². The second-order valence-electron chi connectivity index (χ2n) is 4.78. The van der Waals surface area contributed by atoms with Crippen LogP contribution in [0, 0.1) is 13.8 Å². The minimum atomic E-state index is 0.589. The van der Waals surface area contributed by atoms with Crippen LogP contribution in [0.2, 0.25) is 0 Å². The van der Waals surface area contributed by atoms with Crippen molar-refractivity contribution in [3.05, 3.63) is 34.9 Å². The molecule has 0 spiro atoms. The Hall–Kier alpha value is -0.820. The topological polar surface area (TPSA) is 12.0 Å². The monoisotopic (exact) mass is 203 g/mol. The molecule has 1 atom stereocenters. The van der Waals surface area contributed by atoms with Crippen molar-refractivity contribution in [3.63, 3.8) is 0 Å². The van der Waals surface area contributed by atoms with Crippen LogP contribution in [-0.2, 0) is 0 Å². The van der Waals surface area contributed by atoms with Crippen molar-refractivity contribution in [1.82, 2.24) is 5.32 Å². The lowest BCUT2D eigenvalue weighted by Gasteiger charge is -2.17. The Balaban J connectivity index is 2.19. The molecule has 0 amide bonds. The van der Waals surface area contributed by atoms with Crippen molar-refractivity contribution in [2.45, 2.75) is 45.6 Å². The molecule has 1 nitrogen and oxygen atoms in total. The Morgan fingerprint density at radius 3 is 2.47 bits per heavy atom. The smallest absolute Gasteiger partial charge is 0.0320 e. The summed E-state index contributed by atoms with van der Waals surface area (Å²) in [6.45, 7) is 5.55. The van der Waals surface area contributed by atoms with E-state index in [0.29, 0.717) is 6.04 Å². The maximum absolute atomic E-state index is 3.65. The van der Waals surface area contributed by atoms with Crippen molar-refractivity contribution >= 4 is 0 Å². The van der Waals surface area contributed by atoms with Crippen molar-refractivity contribution in [3.8, 4) is 0 Å². The van der Waals surface area contributed by atoms with E-state index in [0.717, 1.165) is 0 Å². The Morgan fingerprint density at radius 1 is 1.00 bits per heavy atom. The Kier molecular flexibility index (Phi) is 3.42. The van der Waals surface area contributed by atoms with Gasteiger partial charge in [0.25, 0.3) is 0 Å². The predicted octanol–water partition coefficient (Wildman–Crippen LogP) is 3.51. The maximum atomic E-state index is 3.65. The first kappa shape index (κ1) is 10.7. The lowest BCUT2D eigenvalue weighted by atomic mass is 9.98. The highest BCUT2D eigenvalue weighted by Crippen LogP contribution is 2.24. The van der Waals surface area contributed by atoms with Crippen molar-refractivity contribution in [1.29, 1.82) is 0 Å². The number of hydrogen-bond donors (Lipinski definition) is 1. The first-order valence-electron chi connectivity index (χ1n) is 6.07. The van der Waals surface area contributed by atoms with E-state index < -0.39 is 0 Å². The van der Waals surface area contributed by atoms with Gasteiger partial charge in [-0.05, 0) is 38.8 Å². The molecular weight excluding hydrogens is 182 g/mol. The van der Waals surface area contributed by atoms with E-state index in [4.69, 9.17) is 0 Å². The van der Waals surface area contributed by atoms with Crippen LogP contribution in [0.5, 0.6) is 0 Å². The van der Waals surface area contributed by atoms with E-state index in [1.165, 1.54) is 48.9 Å². The van der Waals surface area contributed by atoms with Crippen LogP contribution in [-0.4, -0.2) is 6.54 Å².